The fourth-order valence-electron chi connectivity index (χ4n) is 2.25. The van der Waals surface area contributed by atoms with Gasteiger partial charge in [0.2, 0.25) is 0 Å². The lowest BCUT2D eigenvalue weighted by molar-refractivity contribution is 0.318. The van der Waals surface area contributed by atoms with Crippen molar-refractivity contribution in [3.05, 3.63) is 53.6 Å². The maximum atomic E-state index is 5.91. The van der Waals surface area contributed by atoms with E-state index in [0.717, 1.165) is 36.5 Å². The van der Waals surface area contributed by atoms with Crippen LogP contribution in [-0.2, 0) is 6.42 Å². The van der Waals surface area contributed by atoms with E-state index >= 15 is 0 Å². The Morgan fingerprint density at radius 2 is 2.00 bits per heavy atom. The van der Waals surface area contributed by atoms with Crippen LogP contribution in [0.5, 0.6) is 5.75 Å². The Kier molecular flexibility index (Phi) is 5.50. The van der Waals surface area contributed by atoms with E-state index in [-0.39, 0.29) is 0 Å². The molecule has 0 atom stereocenters. The molecule has 0 aromatic heterocycles. The van der Waals surface area contributed by atoms with Crippen molar-refractivity contribution < 1.29 is 4.74 Å². The molecule has 3 N–H and O–H groups in total. The highest BCUT2D eigenvalue weighted by atomic mass is 16.5. The molecule has 2 aromatic rings. The van der Waals surface area contributed by atoms with Crippen LogP contribution in [0.1, 0.15) is 24.5 Å². The first-order valence-electron chi connectivity index (χ1n) is 7.50. The first-order chi connectivity index (χ1) is 10.2. The molecule has 0 saturated carbocycles. The smallest absolute Gasteiger partial charge is 0.123 e. The van der Waals surface area contributed by atoms with Gasteiger partial charge in [-0.2, -0.15) is 0 Å². The molecule has 0 amide bonds. The Bertz CT molecular complexity index is 581. The van der Waals surface area contributed by atoms with Crippen LogP contribution in [0.3, 0.4) is 0 Å². The van der Waals surface area contributed by atoms with Crippen molar-refractivity contribution in [3.63, 3.8) is 0 Å². The summed E-state index contributed by atoms with van der Waals surface area (Å²) in [6.07, 6.45) is 1.98. The number of anilines is 2. The Labute approximate surface area is 127 Å². The fraction of sp³-hybridized carbons (Fsp3) is 0.333. The molecule has 0 spiro atoms. The van der Waals surface area contributed by atoms with Gasteiger partial charge in [0, 0.05) is 30.1 Å². The van der Waals surface area contributed by atoms with Gasteiger partial charge in [-0.15, -0.1) is 0 Å². The Morgan fingerprint density at radius 1 is 1.14 bits per heavy atom. The van der Waals surface area contributed by atoms with E-state index in [1.807, 2.05) is 18.2 Å². The van der Waals surface area contributed by atoms with Crippen LogP contribution in [0.4, 0.5) is 11.4 Å². The first-order valence-corrected chi connectivity index (χ1v) is 7.50. The molecule has 3 heteroatoms. The summed E-state index contributed by atoms with van der Waals surface area (Å²) in [6.45, 7) is 5.80. The Balaban J connectivity index is 1.91. The Hall–Kier alpha value is -2.16. The maximum absolute atomic E-state index is 5.91. The zero-order valence-electron chi connectivity index (χ0n) is 12.9. The van der Waals surface area contributed by atoms with Gasteiger partial charge in [-0.1, -0.05) is 36.8 Å². The second-order valence-corrected chi connectivity index (χ2v) is 5.31. The van der Waals surface area contributed by atoms with Gasteiger partial charge in [0.25, 0.3) is 0 Å². The van der Waals surface area contributed by atoms with Crippen molar-refractivity contribution in [2.45, 2.75) is 26.7 Å². The van der Waals surface area contributed by atoms with Gasteiger partial charge in [0.1, 0.15) is 5.75 Å². The minimum Gasteiger partial charge on any atom is -0.493 e. The van der Waals surface area contributed by atoms with Gasteiger partial charge in [-0.3, -0.25) is 0 Å². The van der Waals surface area contributed by atoms with E-state index < -0.39 is 0 Å². The van der Waals surface area contributed by atoms with Crippen molar-refractivity contribution in [1.82, 2.24) is 0 Å². The predicted octanol–water partition coefficient (Wildman–Crippen LogP) is 4.02. The third-order valence-electron chi connectivity index (χ3n) is 3.23. The highest BCUT2D eigenvalue weighted by Gasteiger charge is 2.00. The van der Waals surface area contributed by atoms with Crippen LogP contribution in [0.25, 0.3) is 0 Å². The van der Waals surface area contributed by atoms with Gasteiger partial charge < -0.3 is 15.8 Å². The molecule has 3 nitrogen and oxygen atoms in total. The van der Waals surface area contributed by atoms with E-state index in [0.29, 0.717) is 6.61 Å². The number of nitrogens with two attached hydrogens (primary N) is 1. The van der Waals surface area contributed by atoms with Crippen LogP contribution < -0.4 is 15.8 Å². The van der Waals surface area contributed by atoms with Crippen LogP contribution >= 0.6 is 0 Å². The number of hydrogen-bond acceptors (Lipinski definition) is 3. The van der Waals surface area contributed by atoms with Crippen LogP contribution in [-0.4, -0.2) is 13.2 Å². The second-order valence-electron chi connectivity index (χ2n) is 5.31. The van der Waals surface area contributed by atoms with E-state index in [1.54, 1.807) is 0 Å². The number of benzene rings is 2. The molecule has 0 heterocycles. The summed E-state index contributed by atoms with van der Waals surface area (Å²) in [6, 6.07) is 14.4. The lowest BCUT2D eigenvalue weighted by Gasteiger charge is -2.11. The molecule has 21 heavy (non-hydrogen) atoms. The van der Waals surface area contributed by atoms with Crippen LogP contribution in [0, 0.1) is 6.92 Å². The molecule has 0 aliphatic rings. The largest absolute Gasteiger partial charge is 0.493 e. The molecule has 2 rings (SSSR count). The quantitative estimate of drug-likeness (QED) is 0.755. The van der Waals surface area contributed by atoms with Crippen molar-refractivity contribution in [3.8, 4) is 5.75 Å². The predicted molar refractivity (Wildman–Crippen MR) is 90.0 cm³/mol. The van der Waals surface area contributed by atoms with Crippen LogP contribution in [0.15, 0.2) is 42.5 Å². The van der Waals surface area contributed by atoms with Crippen molar-refractivity contribution in [1.29, 1.82) is 0 Å². The standard InChI is InChI=1S/C18H24N2O/c1-3-9-21-18-12-16(19)11-17(13-18)20-8-7-15-6-4-5-14(2)10-15/h4-6,10-13,20H,3,7-9,19H2,1-2H3. The number of nitrogens with one attached hydrogen (secondary N) is 1. The van der Waals surface area contributed by atoms with E-state index in [9.17, 15) is 0 Å². The monoisotopic (exact) mass is 284 g/mol. The third-order valence-corrected chi connectivity index (χ3v) is 3.23. The fourth-order valence-corrected chi connectivity index (χ4v) is 2.25. The van der Waals surface area contributed by atoms with Gasteiger partial charge in [-0.05, 0) is 31.4 Å². The number of aryl methyl sites for hydroxylation is 1. The topological polar surface area (TPSA) is 47.3 Å². The summed E-state index contributed by atoms with van der Waals surface area (Å²) in [4.78, 5) is 0. The summed E-state index contributed by atoms with van der Waals surface area (Å²) in [7, 11) is 0. The van der Waals surface area contributed by atoms with E-state index in [2.05, 4.69) is 43.4 Å². The molecular formula is C18H24N2O. The summed E-state index contributed by atoms with van der Waals surface area (Å²) >= 11 is 0. The van der Waals surface area contributed by atoms with E-state index in [1.165, 1.54) is 11.1 Å². The number of rotatable bonds is 7. The summed E-state index contributed by atoms with van der Waals surface area (Å²) in [5, 5.41) is 3.41. The van der Waals surface area contributed by atoms with Crippen molar-refractivity contribution in [2.24, 2.45) is 0 Å². The molecule has 0 radical (unpaired) electrons. The van der Waals surface area contributed by atoms with Crippen LogP contribution in [0.2, 0.25) is 0 Å². The van der Waals surface area contributed by atoms with Crippen molar-refractivity contribution in [2.75, 3.05) is 24.2 Å². The highest BCUT2D eigenvalue weighted by molar-refractivity contribution is 5.59. The molecule has 0 aliphatic carbocycles. The van der Waals surface area contributed by atoms with Gasteiger partial charge >= 0.3 is 0 Å². The zero-order chi connectivity index (χ0) is 15.1. The van der Waals surface area contributed by atoms with Gasteiger partial charge in [-0.25, -0.2) is 0 Å². The number of ether oxygens (including phenoxy) is 1. The second kappa shape index (κ2) is 7.58. The lowest BCUT2D eigenvalue weighted by atomic mass is 10.1. The number of hydrogen-bond donors (Lipinski definition) is 2. The van der Waals surface area contributed by atoms with E-state index in [4.69, 9.17) is 10.5 Å². The zero-order valence-corrected chi connectivity index (χ0v) is 12.9. The third kappa shape index (κ3) is 5.03. The molecule has 112 valence electrons. The normalized spacial score (nSPS) is 10.4. The maximum Gasteiger partial charge on any atom is 0.123 e. The molecule has 0 unspecified atom stereocenters. The average molecular weight is 284 g/mol. The van der Waals surface area contributed by atoms with Crippen molar-refractivity contribution >= 4 is 11.4 Å². The molecule has 2 aromatic carbocycles. The van der Waals surface area contributed by atoms with Gasteiger partial charge in [0.15, 0.2) is 0 Å². The SMILES string of the molecule is CCCOc1cc(N)cc(NCCc2cccc(C)c2)c1. The lowest BCUT2D eigenvalue weighted by Crippen LogP contribution is -2.06. The molecule has 0 saturated heterocycles. The number of nitrogen functional groups attached to an aromatic ring is 1. The Morgan fingerprint density at radius 3 is 2.76 bits per heavy atom. The summed E-state index contributed by atoms with van der Waals surface area (Å²) in [5.41, 5.74) is 10.3. The average Bonchev–Trinajstić information content (AvgIpc) is 2.45. The molecule has 0 bridgehead atoms. The minimum absolute atomic E-state index is 0.714. The van der Waals surface area contributed by atoms with Gasteiger partial charge in [0.05, 0.1) is 6.61 Å². The summed E-state index contributed by atoms with van der Waals surface area (Å²) < 4.78 is 5.64. The molecular weight excluding hydrogens is 260 g/mol. The first kappa shape index (κ1) is 15.2. The summed E-state index contributed by atoms with van der Waals surface area (Å²) in [5.74, 6) is 0.829. The molecule has 0 fully saturated rings. The highest BCUT2D eigenvalue weighted by Crippen LogP contribution is 2.22. The minimum atomic E-state index is 0.714. The molecule has 0 aliphatic heterocycles.